The van der Waals surface area contributed by atoms with Gasteiger partial charge in [-0.05, 0) is 18.1 Å². The molecule has 0 radical (unpaired) electrons. The molecule has 25 heavy (non-hydrogen) atoms. The number of hydrogen-bond acceptors (Lipinski definition) is 5. The molecular weight excluding hydrogens is 336 g/mol. The van der Waals surface area contributed by atoms with Crippen molar-refractivity contribution in [3.05, 3.63) is 30.4 Å². The molecule has 7 nitrogen and oxygen atoms in total. The van der Waals surface area contributed by atoms with Gasteiger partial charge in [-0.15, -0.1) is 22.0 Å². The highest BCUT2D eigenvalue weighted by molar-refractivity contribution is 8.00. The Morgan fingerprint density at radius 3 is 2.96 bits per heavy atom. The molecule has 8 heteroatoms. The summed E-state index contributed by atoms with van der Waals surface area (Å²) < 4.78 is 4.05. The predicted molar refractivity (Wildman–Crippen MR) is 98.5 cm³/mol. The molecule has 1 fully saturated rings. The van der Waals surface area contributed by atoms with Crippen molar-refractivity contribution in [3.8, 4) is 0 Å². The second kappa shape index (κ2) is 8.03. The molecule has 3 rings (SSSR count). The van der Waals surface area contributed by atoms with Crippen LogP contribution in [-0.2, 0) is 18.4 Å². The van der Waals surface area contributed by atoms with Crippen LogP contribution in [0.25, 0.3) is 0 Å². The van der Waals surface area contributed by atoms with Crippen LogP contribution in [0.4, 0.5) is 0 Å². The van der Waals surface area contributed by atoms with Gasteiger partial charge in [0.15, 0.2) is 5.82 Å². The SMILES string of the molecule is CC(C)SCC(=O)N1CCC[C@H](c2nnc(Cn3ccnc3)n2C)C1. The van der Waals surface area contributed by atoms with Crippen LogP contribution >= 0.6 is 11.8 Å². The van der Waals surface area contributed by atoms with Gasteiger partial charge in [0.1, 0.15) is 5.82 Å². The van der Waals surface area contributed by atoms with Crippen molar-refractivity contribution in [1.82, 2.24) is 29.2 Å². The summed E-state index contributed by atoms with van der Waals surface area (Å²) in [4.78, 5) is 18.5. The van der Waals surface area contributed by atoms with E-state index in [2.05, 4.69) is 33.6 Å². The minimum atomic E-state index is 0.240. The lowest BCUT2D eigenvalue weighted by atomic mass is 9.97. The van der Waals surface area contributed by atoms with Crippen LogP contribution in [0.5, 0.6) is 0 Å². The summed E-state index contributed by atoms with van der Waals surface area (Å²) in [6.45, 7) is 6.50. The molecule has 136 valence electrons. The fourth-order valence-corrected chi connectivity index (χ4v) is 3.81. The Morgan fingerprint density at radius 2 is 2.24 bits per heavy atom. The Hall–Kier alpha value is -1.83. The van der Waals surface area contributed by atoms with Crippen molar-refractivity contribution in [3.63, 3.8) is 0 Å². The first kappa shape index (κ1) is 18.0. The smallest absolute Gasteiger partial charge is 0.232 e. The van der Waals surface area contributed by atoms with Crippen LogP contribution in [0.3, 0.4) is 0 Å². The number of amides is 1. The largest absolute Gasteiger partial charge is 0.341 e. The maximum atomic E-state index is 12.4. The zero-order valence-corrected chi connectivity index (χ0v) is 15.9. The molecule has 3 heterocycles. The number of carbonyl (C=O) groups is 1. The van der Waals surface area contributed by atoms with Crippen molar-refractivity contribution >= 4 is 17.7 Å². The average Bonchev–Trinajstić information content (AvgIpc) is 3.24. The molecule has 0 bridgehead atoms. The maximum absolute atomic E-state index is 12.4. The normalized spacial score (nSPS) is 18.1. The Bertz CT molecular complexity index is 696. The van der Waals surface area contributed by atoms with E-state index in [0.717, 1.165) is 37.6 Å². The summed E-state index contributed by atoms with van der Waals surface area (Å²) in [6.07, 6.45) is 7.53. The van der Waals surface area contributed by atoms with E-state index in [-0.39, 0.29) is 11.8 Å². The molecule has 1 atom stereocenters. The fourth-order valence-electron chi connectivity index (χ4n) is 3.16. The second-order valence-corrected chi connectivity index (χ2v) is 8.37. The minimum Gasteiger partial charge on any atom is -0.341 e. The van der Waals surface area contributed by atoms with E-state index in [1.807, 2.05) is 22.7 Å². The third-order valence-electron chi connectivity index (χ3n) is 4.56. The summed E-state index contributed by atoms with van der Waals surface area (Å²) >= 11 is 1.71. The van der Waals surface area contributed by atoms with Crippen molar-refractivity contribution in [1.29, 1.82) is 0 Å². The highest BCUT2D eigenvalue weighted by atomic mass is 32.2. The lowest BCUT2D eigenvalue weighted by Gasteiger charge is -2.32. The van der Waals surface area contributed by atoms with Crippen molar-refractivity contribution in [2.75, 3.05) is 18.8 Å². The number of likely N-dealkylation sites (tertiary alicyclic amines) is 1. The third kappa shape index (κ3) is 4.42. The maximum Gasteiger partial charge on any atom is 0.232 e. The van der Waals surface area contributed by atoms with Gasteiger partial charge in [-0.3, -0.25) is 4.79 Å². The van der Waals surface area contributed by atoms with Crippen LogP contribution in [0.2, 0.25) is 0 Å². The topological polar surface area (TPSA) is 68.8 Å². The molecule has 1 aliphatic heterocycles. The number of carbonyl (C=O) groups excluding carboxylic acids is 1. The standard InChI is InChI=1S/C17H26N6OS/c1-13(2)25-11-16(24)23-7-4-5-14(9-23)17-20-19-15(21(17)3)10-22-8-6-18-12-22/h6,8,12-14H,4-5,7,9-11H2,1-3H3/t14-/m0/s1. The Balaban J connectivity index is 1.65. The fraction of sp³-hybridized carbons (Fsp3) is 0.647. The van der Waals surface area contributed by atoms with E-state index in [0.29, 0.717) is 17.5 Å². The van der Waals surface area contributed by atoms with Gasteiger partial charge in [0.05, 0.1) is 18.6 Å². The van der Waals surface area contributed by atoms with E-state index in [1.165, 1.54) is 0 Å². The average molecular weight is 363 g/mol. The summed E-state index contributed by atoms with van der Waals surface area (Å²) in [5, 5.41) is 9.26. The van der Waals surface area contributed by atoms with E-state index in [9.17, 15) is 4.79 Å². The number of imidazole rings is 1. The van der Waals surface area contributed by atoms with Gasteiger partial charge in [-0.2, -0.15) is 0 Å². The summed E-state index contributed by atoms with van der Waals surface area (Å²) in [5.41, 5.74) is 0. The molecule has 1 saturated heterocycles. The zero-order valence-electron chi connectivity index (χ0n) is 15.1. The van der Waals surface area contributed by atoms with Crippen LogP contribution < -0.4 is 0 Å². The molecule has 0 saturated carbocycles. The number of aromatic nitrogens is 5. The van der Waals surface area contributed by atoms with Crippen LogP contribution in [0.15, 0.2) is 18.7 Å². The molecular formula is C17H26N6OS. The van der Waals surface area contributed by atoms with Gasteiger partial charge in [-0.1, -0.05) is 13.8 Å². The lowest BCUT2D eigenvalue weighted by Crippen LogP contribution is -2.40. The summed E-state index contributed by atoms with van der Waals surface area (Å²) in [7, 11) is 2.01. The Kier molecular flexibility index (Phi) is 5.78. The number of nitrogens with zero attached hydrogens (tertiary/aromatic N) is 6. The highest BCUT2D eigenvalue weighted by Crippen LogP contribution is 2.26. The van der Waals surface area contributed by atoms with Gasteiger partial charge in [0, 0.05) is 38.4 Å². The van der Waals surface area contributed by atoms with E-state index < -0.39 is 0 Å². The van der Waals surface area contributed by atoms with Crippen LogP contribution in [-0.4, -0.2) is 59.2 Å². The van der Waals surface area contributed by atoms with Gasteiger partial charge in [0.2, 0.25) is 5.91 Å². The Labute approximate surface area is 152 Å². The third-order valence-corrected chi connectivity index (χ3v) is 5.64. The van der Waals surface area contributed by atoms with Crippen molar-refractivity contribution in [2.24, 2.45) is 7.05 Å². The molecule has 0 aliphatic carbocycles. The molecule has 2 aromatic heterocycles. The van der Waals surface area contributed by atoms with Gasteiger partial charge in [0.25, 0.3) is 0 Å². The van der Waals surface area contributed by atoms with E-state index in [4.69, 9.17) is 0 Å². The molecule has 2 aromatic rings. The van der Waals surface area contributed by atoms with Crippen LogP contribution in [0.1, 0.15) is 44.3 Å². The molecule has 0 spiro atoms. The molecule has 1 amide bonds. The number of hydrogen-bond donors (Lipinski definition) is 0. The zero-order chi connectivity index (χ0) is 17.8. The van der Waals surface area contributed by atoms with E-state index in [1.54, 1.807) is 24.3 Å². The van der Waals surface area contributed by atoms with Gasteiger partial charge < -0.3 is 14.0 Å². The van der Waals surface area contributed by atoms with Crippen molar-refractivity contribution < 1.29 is 4.79 Å². The molecule has 0 N–H and O–H groups in total. The quantitative estimate of drug-likeness (QED) is 0.785. The first-order chi connectivity index (χ1) is 12.0. The number of thioether (sulfide) groups is 1. The van der Waals surface area contributed by atoms with Gasteiger partial charge in [-0.25, -0.2) is 4.98 Å². The van der Waals surface area contributed by atoms with Crippen LogP contribution in [0, 0.1) is 0 Å². The van der Waals surface area contributed by atoms with Crippen molar-refractivity contribution in [2.45, 2.75) is 44.4 Å². The summed E-state index contributed by atoms with van der Waals surface area (Å²) in [6, 6.07) is 0. The molecule has 0 aromatic carbocycles. The van der Waals surface area contributed by atoms with E-state index >= 15 is 0 Å². The predicted octanol–water partition coefficient (Wildman–Crippen LogP) is 1.91. The molecule has 0 unspecified atom stereocenters. The first-order valence-corrected chi connectivity index (χ1v) is 9.82. The highest BCUT2D eigenvalue weighted by Gasteiger charge is 2.28. The van der Waals surface area contributed by atoms with Gasteiger partial charge >= 0.3 is 0 Å². The number of piperidine rings is 1. The second-order valence-electron chi connectivity index (χ2n) is 6.81. The number of rotatable bonds is 6. The minimum absolute atomic E-state index is 0.240. The molecule has 1 aliphatic rings. The summed E-state index contributed by atoms with van der Waals surface area (Å²) in [5.74, 6) is 2.95. The lowest BCUT2D eigenvalue weighted by molar-refractivity contribution is -0.129. The monoisotopic (exact) mass is 362 g/mol. The Morgan fingerprint density at radius 1 is 1.40 bits per heavy atom. The first-order valence-electron chi connectivity index (χ1n) is 8.78.